The molecule has 0 heterocycles. The molecule has 184 valence electrons. The third-order valence-electron chi connectivity index (χ3n) is 5.97. The Morgan fingerprint density at radius 1 is 0.886 bits per heavy atom. The molecule has 2 N–H and O–H groups in total. The van der Waals surface area contributed by atoms with E-state index in [4.69, 9.17) is 9.73 Å². The van der Waals surface area contributed by atoms with Crippen molar-refractivity contribution in [1.82, 2.24) is 5.32 Å². The minimum absolute atomic E-state index is 0.102. The summed E-state index contributed by atoms with van der Waals surface area (Å²) >= 11 is 0. The van der Waals surface area contributed by atoms with Crippen molar-refractivity contribution in [3.63, 3.8) is 0 Å². The topological polar surface area (TPSA) is 62.7 Å². The highest BCUT2D eigenvalue weighted by atomic mass is 16.5. The average Bonchev–Trinajstić information content (AvgIpc) is 2.86. The zero-order valence-electron chi connectivity index (χ0n) is 21.4. The summed E-state index contributed by atoms with van der Waals surface area (Å²) in [6.07, 6.45) is 2.59. The first-order valence-corrected chi connectivity index (χ1v) is 12.3. The highest BCUT2D eigenvalue weighted by Crippen LogP contribution is 2.32. The molecule has 0 saturated carbocycles. The average molecular weight is 472 g/mol. The minimum atomic E-state index is -0.210. The van der Waals surface area contributed by atoms with Gasteiger partial charge in [0.05, 0.1) is 13.2 Å². The van der Waals surface area contributed by atoms with Crippen LogP contribution in [0.4, 0.5) is 10.5 Å². The highest BCUT2D eigenvalue weighted by Gasteiger charge is 2.17. The largest absolute Gasteiger partial charge is 0.497 e. The van der Waals surface area contributed by atoms with Crippen molar-refractivity contribution < 1.29 is 9.53 Å². The van der Waals surface area contributed by atoms with Crippen LogP contribution in [0.15, 0.2) is 77.8 Å². The fraction of sp³-hybridized carbons (Fsp3) is 0.333. The smallest absolute Gasteiger partial charge is 0.319 e. The summed E-state index contributed by atoms with van der Waals surface area (Å²) < 4.78 is 5.23. The fourth-order valence-electron chi connectivity index (χ4n) is 4.01. The van der Waals surface area contributed by atoms with Gasteiger partial charge < -0.3 is 15.4 Å². The Balaban J connectivity index is 1.73. The summed E-state index contributed by atoms with van der Waals surface area (Å²) in [5.74, 6) is 1.43. The van der Waals surface area contributed by atoms with E-state index < -0.39 is 0 Å². The summed E-state index contributed by atoms with van der Waals surface area (Å²) in [6.45, 7) is 9.01. The van der Waals surface area contributed by atoms with Crippen LogP contribution in [0, 0.1) is 0 Å². The van der Waals surface area contributed by atoms with E-state index in [0.717, 1.165) is 34.5 Å². The van der Waals surface area contributed by atoms with Gasteiger partial charge in [0.2, 0.25) is 0 Å². The van der Waals surface area contributed by atoms with Crippen LogP contribution in [-0.4, -0.2) is 31.9 Å². The number of rotatable bonds is 10. The zero-order valence-corrected chi connectivity index (χ0v) is 21.4. The van der Waals surface area contributed by atoms with Crippen molar-refractivity contribution in [3.8, 4) is 5.75 Å². The molecule has 0 saturated heterocycles. The molecule has 5 heteroatoms. The first-order chi connectivity index (χ1) is 16.9. The molecule has 0 aromatic heterocycles. The van der Waals surface area contributed by atoms with Gasteiger partial charge in [-0.05, 0) is 64.8 Å². The fourth-order valence-corrected chi connectivity index (χ4v) is 4.01. The van der Waals surface area contributed by atoms with Crippen LogP contribution < -0.4 is 15.4 Å². The molecular formula is C30H37N3O2. The van der Waals surface area contributed by atoms with Crippen molar-refractivity contribution in [2.75, 3.05) is 19.0 Å². The van der Waals surface area contributed by atoms with Gasteiger partial charge in [-0.15, -0.1) is 0 Å². The number of para-hydroxylation sites is 1. The normalized spacial score (nSPS) is 12.2. The second-order valence-electron chi connectivity index (χ2n) is 9.35. The molecule has 3 aromatic rings. The van der Waals surface area contributed by atoms with Crippen molar-refractivity contribution in [2.45, 2.75) is 52.0 Å². The molecule has 0 bridgehead atoms. The molecule has 0 unspecified atom stereocenters. The lowest BCUT2D eigenvalue weighted by atomic mass is 9.93. The lowest BCUT2D eigenvalue weighted by Gasteiger charge is -2.21. The summed E-state index contributed by atoms with van der Waals surface area (Å²) in [5.41, 5.74) is 5.37. The Kier molecular flexibility index (Phi) is 9.47. The number of urea groups is 1. The summed E-state index contributed by atoms with van der Waals surface area (Å²) in [6, 6.07) is 23.9. The third-order valence-corrected chi connectivity index (χ3v) is 5.97. The van der Waals surface area contributed by atoms with Gasteiger partial charge in [0.25, 0.3) is 0 Å². The number of aliphatic imine (C=N–C) groups is 1. The lowest BCUT2D eigenvalue weighted by Crippen LogP contribution is -2.36. The van der Waals surface area contributed by atoms with Gasteiger partial charge in [0, 0.05) is 18.4 Å². The molecule has 0 fully saturated rings. The molecular weight excluding hydrogens is 434 g/mol. The van der Waals surface area contributed by atoms with Crippen LogP contribution in [0.5, 0.6) is 5.75 Å². The summed E-state index contributed by atoms with van der Waals surface area (Å²) in [7, 11) is 1.65. The van der Waals surface area contributed by atoms with E-state index in [1.807, 2.05) is 48.7 Å². The summed E-state index contributed by atoms with van der Waals surface area (Å²) in [5, 5.41) is 6.19. The van der Waals surface area contributed by atoms with Crippen molar-refractivity contribution in [1.29, 1.82) is 0 Å². The van der Waals surface area contributed by atoms with Crippen LogP contribution in [-0.2, 0) is 6.42 Å². The maximum absolute atomic E-state index is 13.0. The molecule has 0 aliphatic heterocycles. The number of nitrogens with one attached hydrogen (secondary N) is 2. The molecule has 35 heavy (non-hydrogen) atoms. The van der Waals surface area contributed by atoms with Crippen LogP contribution in [0.3, 0.4) is 0 Å². The van der Waals surface area contributed by atoms with Crippen LogP contribution >= 0.6 is 0 Å². The molecule has 0 spiro atoms. The van der Waals surface area contributed by atoms with E-state index in [9.17, 15) is 4.79 Å². The lowest BCUT2D eigenvalue weighted by molar-refractivity contribution is 0.251. The monoisotopic (exact) mass is 471 g/mol. The Bertz CT molecular complexity index is 1080. The number of hydrogen-bond acceptors (Lipinski definition) is 3. The Hall–Kier alpha value is -3.60. The van der Waals surface area contributed by atoms with Gasteiger partial charge in [-0.25, -0.2) is 4.79 Å². The minimum Gasteiger partial charge on any atom is -0.497 e. The predicted molar refractivity (Wildman–Crippen MR) is 146 cm³/mol. The second-order valence-corrected chi connectivity index (χ2v) is 9.35. The molecule has 1 atom stereocenters. The highest BCUT2D eigenvalue weighted by molar-refractivity contribution is 5.91. The van der Waals surface area contributed by atoms with E-state index in [0.29, 0.717) is 18.4 Å². The summed E-state index contributed by atoms with van der Waals surface area (Å²) in [4.78, 5) is 17.8. The van der Waals surface area contributed by atoms with E-state index in [2.05, 4.69) is 68.7 Å². The SMILES string of the molecule is COc1ccc(C=N[C@H](CNC(=O)Nc2c(C(C)C)cccc2C(C)C)Cc2ccccc2)cc1. The quantitative estimate of drug-likeness (QED) is 0.320. The first kappa shape index (κ1) is 26.0. The molecule has 0 aliphatic carbocycles. The van der Waals surface area contributed by atoms with Crippen LogP contribution in [0.1, 0.15) is 61.8 Å². The van der Waals surface area contributed by atoms with E-state index in [-0.39, 0.29) is 12.1 Å². The number of carbonyl (C=O) groups excluding carboxylic acids is 1. The molecule has 2 amide bonds. The zero-order chi connectivity index (χ0) is 25.2. The van der Waals surface area contributed by atoms with E-state index >= 15 is 0 Å². The predicted octanol–water partition coefficient (Wildman–Crippen LogP) is 6.79. The number of ether oxygens (including phenoxy) is 1. The van der Waals surface area contributed by atoms with Crippen molar-refractivity contribution in [2.24, 2.45) is 4.99 Å². The number of methoxy groups -OCH3 is 1. The van der Waals surface area contributed by atoms with Gasteiger partial charge in [0.1, 0.15) is 5.75 Å². The van der Waals surface area contributed by atoms with Crippen molar-refractivity contribution in [3.05, 3.63) is 95.1 Å². The third kappa shape index (κ3) is 7.71. The van der Waals surface area contributed by atoms with E-state index in [1.54, 1.807) is 7.11 Å². The Morgan fingerprint density at radius 2 is 1.51 bits per heavy atom. The number of benzene rings is 3. The maximum Gasteiger partial charge on any atom is 0.319 e. The Morgan fingerprint density at radius 3 is 2.09 bits per heavy atom. The van der Waals surface area contributed by atoms with Gasteiger partial charge in [-0.3, -0.25) is 4.99 Å². The number of carbonyl (C=O) groups is 1. The van der Waals surface area contributed by atoms with Crippen LogP contribution in [0.2, 0.25) is 0 Å². The van der Waals surface area contributed by atoms with Gasteiger partial charge in [-0.1, -0.05) is 76.2 Å². The second kappa shape index (κ2) is 12.7. The van der Waals surface area contributed by atoms with Crippen molar-refractivity contribution >= 4 is 17.9 Å². The van der Waals surface area contributed by atoms with Gasteiger partial charge in [-0.2, -0.15) is 0 Å². The van der Waals surface area contributed by atoms with Gasteiger partial charge >= 0.3 is 6.03 Å². The molecule has 3 aromatic carbocycles. The molecule has 3 rings (SSSR count). The number of anilines is 1. The first-order valence-electron chi connectivity index (χ1n) is 12.3. The van der Waals surface area contributed by atoms with Crippen LogP contribution in [0.25, 0.3) is 0 Å². The molecule has 0 aliphatic rings. The number of amides is 2. The maximum atomic E-state index is 13.0. The van der Waals surface area contributed by atoms with Gasteiger partial charge in [0.15, 0.2) is 0 Å². The number of nitrogens with zero attached hydrogens (tertiary/aromatic N) is 1. The Labute approximate surface area is 209 Å². The van der Waals surface area contributed by atoms with E-state index in [1.165, 1.54) is 5.56 Å². The molecule has 0 radical (unpaired) electrons. The molecule has 5 nitrogen and oxygen atoms in total. The number of hydrogen-bond donors (Lipinski definition) is 2. The standard InChI is InChI=1S/C30H37N3O2/c1-21(2)27-12-9-13-28(22(3)4)29(27)33-30(34)32-20-25(18-23-10-7-6-8-11-23)31-19-24-14-16-26(35-5)17-15-24/h6-17,19,21-22,25H,18,20H2,1-5H3,(H2,32,33,34)/t25-/m0/s1.